The first-order valence-corrected chi connectivity index (χ1v) is 14.4. The van der Waals surface area contributed by atoms with Crippen molar-refractivity contribution in [2.75, 3.05) is 17.7 Å². The van der Waals surface area contributed by atoms with Gasteiger partial charge in [-0.1, -0.05) is 30.3 Å². The van der Waals surface area contributed by atoms with Crippen LogP contribution in [0.4, 0.5) is 11.5 Å². The molecule has 2 aromatic carbocycles. The van der Waals surface area contributed by atoms with E-state index in [1.165, 1.54) is 17.0 Å². The predicted octanol–water partition coefficient (Wildman–Crippen LogP) is 4.55. The summed E-state index contributed by atoms with van der Waals surface area (Å²) in [6.45, 7) is 0.175. The number of pyridine rings is 1. The van der Waals surface area contributed by atoms with Gasteiger partial charge in [0.05, 0.1) is 5.39 Å². The fourth-order valence-corrected chi connectivity index (χ4v) is 6.32. The smallest absolute Gasteiger partial charge is 0.268 e. The molecule has 2 aliphatic rings. The van der Waals surface area contributed by atoms with E-state index in [-0.39, 0.29) is 29.9 Å². The normalized spacial score (nSPS) is 17.8. The van der Waals surface area contributed by atoms with Crippen molar-refractivity contribution in [1.29, 1.82) is 0 Å². The zero-order valence-electron chi connectivity index (χ0n) is 23.4. The molecular weight excluding hydrogens is 544 g/mol. The summed E-state index contributed by atoms with van der Waals surface area (Å²) in [6, 6.07) is 18.0. The lowest BCUT2D eigenvalue weighted by Crippen LogP contribution is -2.33. The molecule has 43 heavy (non-hydrogen) atoms. The van der Waals surface area contributed by atoms with Crippen LogP contribution in [0, 0.1) is 5.92 Å². The van der Waals surface area contributed by atoms with Crippen molar-refractivity contribution in [3.05, 3.63) is 100 Å². The second-order valence-corrected chi connectivity index (χ2v) is 11.3. The summed E-state index contributed by atoms with van der Waals surface area (Å²) in [5.41, 5.74) is 10.4. The molecule has 3 heterocycles. The number of hydrogen-bond acceptors (Lipinski definition) is 7. The second-order valence-electron chi connectivity index (χ2n) is 11.3. The van der Waals surface area contributed by atoms with Crippen LogP contribution in [-0.4, -0.2) is 42.5 Å². The quantitative estimate of drug-likeness (QED) is 0.270. The van der Waals surface area contributed by atoms with Crippen molar-refractivity contribution in [2.45, 2.75) is 38.1 Å². The van der Waals surface area contributed by atoms with Gasteiger partial charge in [0.2, 0.25) is 0 Å². The third kappa shape index (κ3) is 4.60. The predicted molar refractivity (Wildman–Crippen MR) is 163 cm³/mol. The molecule has 1 saturated carbocycles. The molecule has 0 saturated heterocycles. The minimum absolute atomic E-state index is 0.0690. The van der Waals surface area contributed by atoms with Crippen molar-refractivity contribution in [1.82, 2.24) is 19.1 Å². The number of amides is 1. The molecule has 1 amide bonds. The molecule has 7 rings (SSSR count). The molecule has 5 aromatic rings. The number of nitrogens with zero attached hydrogens (tertiary/aromatic N) is 4. The Hall–Kier alpha value is -5.09. The Balaban J connectivity index is 1.21. The minimum Gasteiger partial charge on any atom is -0.396 e. The molecule has 0 bridgehead atoms. The summed E-state index contributed by atoms with van der Waals surface area (Å²) in [5, 5.41) is 13.1. The van der Waals surface area contributed by atoms with Crippen molar-refractivity contribution in [3.8, 4) is 16.8 Å². The lowest BCUT2D eigenvalue weighted by molar-refractivity contribution is 0.0971. The van der Waals surface area contributed by atoms with Crippen molar-refractivity contribution >= 4 is 34.2 Å². The molecule has 0 unspecified atom stereocenters. The first kappa shape index (κ1) is 26.8. The highest BCUT2D eigenvalue weighted by molar-refractivity contribution is 6.07. The zero-order valence-corrected chi connectivity index (χ0v) is 23.4. The van der Waals surface area contributed by atoms with Gasteiger partial charge >= 0.3 is 0 Å². The molecule has 1 fully saturated rings. The van der Waals surface area contributed by atoms with Gasteiger partial charge in [-0.15, -0.1) is 0 Å². The molecule has 216 valence electrons. The van der Waals surface area contributed by atoms with Gasteiger partial charge in [0.15, 0.2) is 5.78 Å². The maximum atomic E-state index is 13.7. The summed E-state index contributed by atoms with van der Waals surface area (Å²) < 4.78 is 3.61. The van der Waals surface area contributed by atoms with E-state index in [0.29, 0.717) is 47.7 Å². The molecule has 0 spiro atoms. The maximum absolute atomic E-state index is 13.7. The summed E-state index contributed by atoms with van der Waals surface area (Å²) >= 11 is 0. The van der Waals surface area contributed by atoms with Crippen LogP contribution in [0.2, 0.25) is 0 Å². The van der Waals surface area contributed by atoms with Gasteiger partial charge in [-0.05, 0) is 67.5 Å². The average molecular weight is 575 g/mol. The molecule has 0 atom stereocenters. The highest BCUT2D eigenvalue weighted by atomic mass is 16.3. The number of carbonyl (C=O) groups excluding carboxylic acids is 2. The van der Waals surface area contributed by atoms with Crippen LogP contribution in [-0.2, 0) is 6.42 Å². The minimum atomic E-state index is -0.582. The van der Waals surface area contributed by atoms with Crippen LogP contribution in [0.1, 0.15) is 58.1 Å². The first-order valence-electron chi connectivity index (χ1n) is 14.4. The highest BCUT2D eigenvalue weighted by Gasteiger charge is 2.32. The number of hydrogen-bond donors (Lipinski definition) is 3. The van der Waals surface area contributed by atoms with E-state index in [1.807, 2.05) is 36.5 Å². The molecule has 3 aromatic heterocycles. The van der Waals surface area contributed by atoms with Crippen molar-refractivity contribution in [3.63, 3.8) is 0 Å². The van der Waals surface area contributed by atoms with Crippen molar-refractivity contribution < 1.29 is 14.7 Å². The molecule has 0 radical (unpaired) electrons. The van der Waals surface area contributed by atoms with Gasteiger partial charge in [0.1, 0.15) is 23.4 Å². The van der Waals surface area contributed by atoms with Crippen LogP contribution in [0.25, 0.3) is 27.8 Å². The topological polar surface area (TPSA) is 145 Å². The number of aliphatic hydroxyl groups excluding tert-OH is 1. The Morgan fingerprint density at radius 2 is 1.77 bits per heavy atom. The molecular formula is C33H30N6O4. The SMILES string of the molecule is Nc1ncnc2c1c(-c1ccc(NC(=O)c3cc4c(n(-c5ccccc5)c3=O)CCCC4=O)cc1)cn2[C@H]1C[C@@H](CO)C1. The number of carbonyl (C=O) groups is 2. The number of nitrogen functional groups attached to an aromatic ring is 1. The number of aliphatic hydroxyl groups is 1. The number of rotatable bonds is 6. The van der Waals surface area contributed by atoms with E-state index in [2.05, 4.69) is 19.9 Å². The van der Waals surface area contributed by atoms with E-state index in [0.717, 1.165) is 35.0 Å². The largest absolute Gasteiger partial charge is 0.396 e. The molecule has 0 aliphatic heterocycles. The summed E-state index contributed by atoms with van der Waals surface area (Å²) in [5.74, 6) is 0.0191. The number of fused-ring (bicyclic) bond motifs is 2. The summed E-state index contributed by atoms with van der Waals surface area (Å²) in [6.07, 6.45) is 6.86. The monoisotopic (exact) mass is 574 g/mol. The summed E-state index contributed by atoms with van der Waals surface area (Å²) in [4.78, 5) is 48.6. The molecule has 4 N–H and O–H groups in total. The van der Waals surface area contributed by atoms with Gasteiger partial charge in [0, 0.05) is 53.5 Å². The summed E-state index contributed by atoms with van der Waals surface area (Å²) in [7, 11) is 0. The lowest BCUT2D eigenvalue weighted by Gasteiger charge is -2.35. The second kappa shape index (κ2) is 10.6. The van der Waals surface area contributed by atoms with Crippen LogP contribution in [0.15, 0.2) is 78.0 Å². The number of benzene rings is 2. The van der Waals surface area contributed by atoms with Crippen LogP contribution < -0.4 is 16.6 Å². The van der Waals surface area contributed by atoms with E-state index in [1.54, 1.807) is 24.3 Å². The van der Waals surface area contributed by atoms with Gasteiger partial charge in [-0.3, -0.25) is 19.0 Å². The third-order valence-electron chi connectivity index (χ3n) is 8.63. The van der Waals surface area contributed by atoms with E-state index >= 15 is 0 Å². The first-order chi connectivity index (χ1) is 20.9. The standard InChI is InChI=1S/C33H30N6O4/c34-30-29-26(16-38(31(29)36-18-35-30)23-13-19(14-23)17-40)20-9-11-21(12-10-20)37-32(42)25-15-24-27(7-4-8-28(24)41)39(33(25)43)22-5-2-1-3-6-22/h1-3,5-6,9-12,15-16,18-19,23,40H,4,7-8,13-14,17H2,(H,37,42)(H2,34,35,36)/t19-,23+. The molecule has 10 nitrogen and oxygen atoms in total. The fourth-order valence-electron chi connectivity index (χ4n) is 6.32. The number of Topliss-reactive ketones (excluding diaryl/α,β-unsaturated/α-hetero) is 1. The number of nitrogens with one attached hydrogen (secondary N) is 1. The lowest BCUT2D eigenvalue weighted by atomic mass is 9.81. The highest BCUT2D eigenvalue weighted by Crippen LogP contribution is 2.42. The third-order valence-corrected chi connectivity index (χ3v) is 8.63. The van der Waals surface area contributed by atoms with Gasteiger partial charge < -0.3 is 20.7 Å². The zero-order chi connectivity index (χ0) is 29.7. The Bertz CT molecular complexity index is 1940. The Morgan fingerprint density at radius 1 is 1.00 bits per heavy atom. The number of aromatic nitrogens is 4. The number of ketones is 1. The van der Waals surface area contributed by atoms with E-state index in [4.69, 9.17) is 5.73 Å². The van der Waals surface area contributed by atoms with Crippen LogP contribution >= 0.6 is 0 Å². The number of para-hydroxylation sites is 1. The van der Waals surface area contributed by atoms with Gasteiger partial charge in [-0.2, -0.15) is 0 Å². The number of nitrogens with two attached hydrogens (primary N) is 1. The maximum Gasteiger partial charge on any atom is 0.268 e. The van der Waals surface area contributed by atoms with Crippen molar-refractivity contribution in [2.24, 2.45) is 5.92 Å². The van der Waals surface area contributed by atoms with E-state index in [9.17, 15) is 19.5 Å². The number of anilines is 2. The van der Waals surface area contributed by atoms with Crippen LogP contribution in [0.3, 0.4) is 0 Å². The van der Waals surface area contributed by atoms with Gasteiger partial charge in [-0.25, -0.2) is 9.97 Å². The van der Waals surface area contributed by atoms with E-state index < -0.39 is 11.5 Å². The molecule has 10 heteroatoms. The average Bonchev–Trinajstić information content (AvgIpc) is 3.38. The van der Waals surface area contributed by atoms with Crippen LogP contribution in [0.5, 0.6) is 0 Å². The Labute approximate surface area is 246 Å². The fraction of sp³-hybridized carbons (Fsp3) is 0.242. The molecule has 2 aliphatic carbocycles. The Morgan fingerprint density at radius 3 is 2.51 bits per heavy atom. The van der Waals surface area contributed by atoms with Gasteiger partial charge in [0.25, 0.3) is 11.5 Å². The Kier molecular flexibility index (Phi) is 6.62.